The van der Waals surface area contributed by atoms with Gasteiger partial charge in [0.15, 0.2) is 0 Å². The molecule has 0 fully saturated rings. The number of carbonyl (C=O) groups is 2. The number of hydrogen-bond acceptors (Lipinski definition) is 3. The second-order valence-electron chi connectivity index (χ2n) is 4.98. The zero-order chi connectivity index (χ0) is 15.8. The van der Waals surface area contributed by atoms with Crippen molar-refractivity contribution in [1.29, 1.82) is 0 Å². The molecule has 5 nitrogen and oxygen atoms in total. The quantitative estimate of drug-likeness (QED) is 0.633. The number of anilines is 1. The summed E-state index contributed by atoms with van der Waals surface area (Å²) >= 11 is 3.40. The number of carboxylic acids is 1. The van der Waals surface area contributed by atoms with E-state index in [1.807, 2.05) is 6.07 Å². The number of nitrogens with two attached hydrogens (primary N) is 1. The van der Waals surface area contributed by atoms with Gasteiger partial charge < -0.3 is 16.2 Å². The maximum Gasteiger partial charge on any atom is 0.303 e. The highest BCUT2D eigenvalue weighted by atomic mass is 79.9. The number of primary amides is 1. The van der Waals surface area contributed by atoms with Crippen LogP contribution in [0.3, 0.4) is 0 Å². The molecule has 4 N–H and O–H groups in total. The topological polar surface area (TPSA) is 92.4 Å². The molecular weight excluding hydrogens is 336 g/mol. The van der Waals surface area contributed by atoms with E-state index in [1.165, 1.54) is 0 Å². The van der Waals surface area contributed by atoms with Crippen LogP contribution in [-0.4, -0.2) is 23.5 Å². The minimum atomic E-state index is -0.744. The number of halogens is 1. The molecule has 1 aromatic carbocycles. The molecule has 0 heterocycles. The Morgan fingerprint density at radius 2 is 2.10 bits per heavy atom. The lowest BCUT2D eigenvalue weighted by atomic mass is 9.96. The van der Waals surface area contributed by atoms with E-state index in [0.717, 1.165) is 29.5 Å². The van der Waals surface area contributed by atoms with Crippen molar-refractivity contribution in [3.8, 4) is 0 Å². The van der Waals surface area contributed by atoms with Gasteiger partial charge in [0.2, 0.25) is 5.91 Å². The second-order valence-corrected chi connectivity index (χ2v) is 5.84. The number of hydrogen-bond donors (Lipinski definition) is 3. The number of rotatable bonds is 9. The molecule has 0 radical (unpaired) electrons. The predicted octanol–water partition coefficient (Wildman–Crippen LogP) is 3.24. The number of nitrogens with one attached hydrogen (secondary N) is 1. The van der Waals surface area contributed by atoms with Crippen LogP contribution in [0.4, 0.5) is 5.69 Å². The maximum absolute atomic E-state index is 11.1. The fourth-order valence-corrected chi connectivity index (χ4v) is 2.62. The van der Waals surface area contributed by atoms with Crippen LogP contribution >= 0.6 is 15.9 Å². The average Bonchev–Trinajstić information content (AvgIpc) is 2.43. The Morgan fingerprint density at radius 3 is 2.62 bits per heavy atom. The van der Waals surface area contributed by atoms with Crippen LogP contribution in [0.5, 0.6) is 0 Å². The maximum atomic E-state index is 11.1. The van der Waals surface area contributed by atoms with Gasteiger partial charge in [0.1, 0.15) is 0 Å². The van der Waals surface area contributed by atoms with Crippen molar-refractivity contribution in [2.75, 3.05) is 11.9 Å². The highest BCUT2D eigenvalue weighted by Crippen LogP contribution is 2.24. The van der Waals surface area contributed by atoms with Gasteiger partial charge in [0.05, 0.1) is 0 Å². The fourth-order valence-electron chi connectivity index (χ4n) is 2.10. The molecule has 1 unspecified atom stereocenters. The third-order valence-corrected chi connectivity index (χ3v) is 4.12. The summed E-state index contributed by atoms with van der Waals surface area (Å²) in [6.07, 6.45) is 2.80. The SMILES string of the molecule is CCC(CCNc1ccc(C(N)=O)cc1Br)CCC(=O)O. The summed E-state index contributed by atoms with van der Waals surface area (Å²) in [5.74, 6) is -0.801. The normalized spacial score (nSPS) is 11.9. The Morgan fingerprint density at radius 1 is 1.38 bits per heavy atom. The summed E-state index contributed by atoms with van der Waals surface area (Å²) in [5.41, 5.74) is 6.58. The van der Waals surface area contributed by atoms with Gasteiger partial charge >= 0.3 is 5.97 Å². The van der Waals surface area contributed by atoms with Crippen molar-refractivity contribution in [2.45, 2.75) is 32.6 Å². The first kappa shape index (κ1) is 17.5. The van der Waals surface area contributed by atoms with Crippen LogP contribution in [0.15, 0.2) is 22.7 Å². The fraction of sp³-hybridized carbons (Fsp3) is 0.467. The van der Waals surface area contributed by atoms with Crippen LogP contribution in [0.25, 0.3) is 0 Å². The van der Waals surface area contributed by atoms with E-state index in [4.69, 9.17) is 10.8 Å². The van der Waals surface area contributed by atoms with Crippen LogP contribution < -0.4 is 11.1 Å². The van der Waals surface area contributed by atoms with E-state index in [0.29, 0.717) is 17.9 Å². The Kier molecular flexibility index (Phi) is 7.22. The molecule has 0 aliphatic carbocycles. The van der Waals surface area contributed by atoms with Crippen LogP contribution in [0.1, 0.15) is 43.0 Å². The molecule has 1 aromatic rings. The molecule has 21 heavy (non-hydrogen) atoms. The Hall–Kier alpha value is -1.56. The van der Waals surface area contributed by atoms with Crippen molar-refractivity contribution in [1.82, 2.24) is 0 Å². The van der Waals surface area contributed by atoms with Gasteiger partial charge in [-0.25, -0.2) is 0 Å². The van der Waals surface area contributed by atoms with Crippen LogP contribution in [0, 0.1) is 5.92 Å². The summed E-state index contributed by atoms with van der Waals surface area (Å²) < 4.78 is 0.789. The van der Waals surface area contributed by atoms with Crippen molar-refractivity contribution in [3.05, 3.63) is 28.2 Å². The summed E-state index contributed by atoms with van der Waals surface area (Å²) in [6, 6.07) is 5.17. The van der Waals surface area contributed by atoms with E-state index in [2.05, 4.69) is 28.2 Å². The first-order chi connectivity index (χ1) is 9.93. The van der Waals surface area contributed by atoms with Crippen LogP contribution in [0.2, 0.25) is 0 Å². The average molecular weight is 357 g/mol. The molecular formula is C15H21BrN2O3. The van der Waals surface area contributed by atoms with Gasteiger partial charge in [0.25, 0.3) is 0 Å². The first-order valence-electron chi connectivity index (χ1n) is 6.99. The lowest BCUT2D eigenvalue weighted by Crippen LogP contribution is -2.12. The molecule has 116 valence electrons. The second kappa shape index (κ2) is 8.67. The Labute approximate surface area is 133 Å². The summed E-state index contributed by atoms with van der Waals surface area (Å²) in [6.45, 7) is 2.83. The molecule has 1 atom stereocenters. The number of carbonyl (C=O) groups excluding carboxylic acids is 1. The number of amides is 1. The summed E-state index contributed by atoms with van der Waals surface area (Å²) in [4.78, 5) is 21.7. The van der Waals surface area contributed by atoms with Crippen molar-refractivity contribution in [2.24, 2.45) is 11.7 Å². The van der Waals surface area contributed by atoms with E-state index in [-0.39, 0.29) is 6.42 Å². The smallest absolute Gasteiger partial charge is 0.303 e. The molecule has 6 heteroatoms. The van der Waals surface area contributed by atoms with Gasteiger partial charge in [-0.3, -0.25) is 9.59 Å². The molecule has 1 rings (SSSR count). The molecule has 0 aliphatic heterocycles. The monoisotopic (exact) mass is 356 g/mol. The van der Waals surface area contributed by atoms with Crippen LogP contribution in [-0.2, 0) is 4.79 Å². The minimum absolute atomic E-state index is 0.218. The standard InChI is InChI=1S/C15H21BrN2O3/c1-2-10(3-6-14(19)20)7-8-18-13-5-4-11(15(17)21)9-12(13)16/h4-5,9-10,18H,2-3,6-8H2,1H3,(H2,17,21)(H,19,20). The van der Waals surface area contributed by atoms with E-state index in [9.17, 15) is 9.59 Å². The summed E-state index contributed by atoms with van der Waals surface area (Å²) in [7, 11) is 0. The van der Waals surface area contributed by atoms with Gasteiger partial charge in [0, 0.05) is 28.7 Å². The Balaban J connectivity index is 2.47. The highest BCUT2D eigenvalue weighted by molar-refractivity contribution is 9.10. The van der Waals surface area contributed by atoms with E-state index >= 15 is 0 Å². The number of carboxylic acid groups (broad SMARTS) is 1. The molecule has 0 aliphatic rings. The van der Waals surface area contributed by atoms with Gasteiger partial charge in [-0.2, -0.15) is 0 Å². The third-order valence-electron chi connectivity index (χ3n) is 3.47. The van der Waals surface area contributed by atoms with E-state index < -0.39 is 11.9 Å². The Bertz CT molecular complexity index is 506. The zero-order valence-corrected chi connectivity index (χ0v) is 13.6. The largest absolute Gasteiger partial charge is 0.481 e. The van der Waals surface area contributed by atoms with Crippen molar-refractivity contribution < 1.29 is 14.7 Å². The molecule has 0 bridgehead atoms. The molecule has 0 saturated heterocycles. The minimum Gasteiger partial charge on any atom is -0.481 e. The zero-order valence-electron chi connectivity index (χ0n) is 12.1. The van der Waals surface area contributed by atoms with Gasteiger partial charge in [-0.15, -0.1) is 0 Å². The van der Waals surface area contributed by atoms with Gasteiger partial charge in [-0.05, 0) is 52.9 Å². The van der Waals surface area contributed by atoms with Gasteiger partial charge in [-0.1, -0.05) is 13.3 Å². The molecule has 1 amide bonds. The predicted molar refractivity (Wildman–Crippen MR) is 86.4 cm³/mol. The third kappa shape index (κ3) is 6.16. The number of benzene rings is 1. The molecule has 0 aromatic heterocycles. The lowest BCUT2D eigenvalue weighted by molar-refractivity contribution is -0.137. The summed E-state index contributed by atoms with van der Waals surface area (Å²) in [5, 5.41) is 12.0. The molecule has 0 spiro atoms. The van der Waals surface area contributed by atoms with E-state index in [1.54, 1.807) is 12.1 Å². The number of aliphatic carboxylic acids is 1. The van der Waals surface area contributed by atoms with Crippen molar-refractivity contribution in [3.63, 3.8) is 0 Å². The van der Waals surface area contributed by atoms with Crippen molar-refractivity contribution >= 4 is 33.5 Å². The first-order valence-corrected chi connectivity index (χ1v) is 7.78. The lowest BCUT2D eigenvalue weighted by Gasteiger charge is -2.15. The highest BCUT2D eigenvalue weighted by Gasteiger charge is 2.10. The molecule has 0 saturated carbocycles.